The van der Waals surface area contributed by atoms with Gasteiger partial charge in [-0.15, -0.1) is 0 Å². The number of rotatable bonds is 2. The second kappa shape index (κ2) is 6.39. The Kier molecular flexibility index (Phi) is 4.18. The lowest BCUT2D eigenvalue weighted by molar-refractivity contribution is 0.209. The van der Waals surface area contributed by atoms with E-state index in [1.165, 1.54) is 17.0 Å². The minimum absolute atomic E-state index is 0.158. The van der Waals surface area contributed by atoms with Gasteiger partial charge in [-0.25, -0.2) is 17.6 Å². The maximum atomic E-state index is 13.8. The molecule has 9 heteroatoms. The zero-order valence-electron chi connectivity index (χ0n) is 13.9. The molecular formula is C17H18FN3O4S. The van der Waals surface area contributed by atoms with Gasteiger partial charge in [-0.1, -0.05) is 17.3 Å². The molecule has 2 amide bonds. The van der Waals surface area contributed by atoms with Gasteiger partial charge in [0.25, 0.3) is 0 Å². The van der Waals surface area contributed by atoms with Gasteiger partial charge < -0.3 is 9.42 Å². The van der Waals surface area contributed by atoms with Crippen LogP contribution < -0.4 is 5.32 Å². The van der Waals surface area contributed by atoms with E-state index in [2.05, 4.69) is 10.5 Å². The van der Waals surface area contributed by atoms with Crippen LogP contribution in [-0.4, -0.2) is 48.1 Å². The third-order valence-electron chi connectivity index (χ3n) is 5.06. The molecule has 0 aliphatic carbocycles. The number of anilines is 1. The fourth-order valence-corrected chi connectivity index (χ4v) is 5.90. The van der Waals surface area contributed by atoms with Crippen LogP contribution in [0.4, 0.5) is 15.0 Å². The molecule has 2 atom stereocenters. The summed E-state index contributed by atoms with van der Waals surface area (Å²) >= 11 is 0. The molecule has 0 saturated carbocycles. The fraction of sp³-hybridized carbons (Fsp3) is 0.412. The summed E-state index contributed by atoms with van der Waals surface area (Å²) in [5.74, 6) is -0.0864. The number of nitrogens with zero attached hydrogens (tertiary/aromatic N) is 2. The number of likely N-dealkylation sites (tertiary alicyclic amines) is 1. The third-order valence-corrected chi connectivity index (χ3v) is 7.77. The van der Waals surface area contributed by atoms with Crippen molar-refractivity contribution in [2.75, 3.05) is 18.4 Å². The summed E-state index contributed by atoms with van der Waals surface area (Å²) in [6.07, 6.45) is 1.72. The molecule has 3 heterocycles. The topological polar surface area (TPSA) is 92.5 Å². The number of aromatic nitrogens is 1. The first-order valence-electron chi connectivity index (χ1n) is 8.45. The summed E-state index contributed by atoms with van der Waals surface area (Å²) in [6, 6.07) is 7.11. The summed E-state index contributed by atoms with van der Waals surface area (Å²) in [4.78, 5) is 14.0. The van der Waals surface area contributed by atoms with E-state index in [1.54, 1.807) is 18.2 Å². The van der Waals surface area contributed by atoms with Crippen molar-refractivity contribution in [3.8, 4) is 11.3 Å². The zero-order chi connectivity index (χ0) is 18.3. The first-order valence-corrected chi connectivity index (χ1v) is 10.1. The van der Waals surface area contributed by atoms with Gasteiger partial charge in [0, 0.05) is 19.2 Å². The van der Waals surface area contributed by atoms with Crippen LogP contribution in [0.25, 0.3) is 11.3 Å². The molecule has 4 rings (SSSR count). The summed E-state index contributed by atoms with van der Waals surface area (Å²) in [7, 11) is -3.14. The van der Waals surface area contributed by atoms with Crippen LogP contribution in [-0.2, 0) is 9.84 Å². The predicted octanol–water partition coefficient (Wildman–Crippen LogP) is 2.66. The molecule has 2 saturated heterocycles. The Hall–Kier alpha value is -2.42. The minimum atomic E-state index is -3.14. The highest BCUT2D eigenvalue weighted by Gasteiger charge is 2.44. The molecule has 2 aliphatic heterocycles. The number of hydrogen-bond donors (Lipinski definition) is 1. The zero-order valence-corrected chi connectivity index (χ0v) is 14.7. The Morgan fingerprint density at radius 3 is 2.81 bits per heavy atom. The first-order chi connectivity index (χ1) is 12.4. The Morgan fingerprint density at radius 1 is 1.23 bits per heavy atom. The van der Waals surface area contributed by atoms with Crippen LogP contribution in [0.2, 0.25) is 0 Å². The second-order valence-electron chi connectivity index (χ2n) is 6.63. The van der Waals surface area contributed by atoms with Crippen molar-refractivity contribution in [1.29, 1.82) is 0 Å². The second-order valence-corrected chi connectivity index (χ2v) is 9.14. The number of amides is 2. The van der Waals surface area contributed by atoms with Crippen LogP contribution in [0.5, 0.6) is 0 Å². The number of halogens is 1. The lowest BCUT2D eigenvalue weighted by atomic mass is 10.1. The maximum absolute atomic E-state index is 13.8. The number of carbonyl (C=O) groups is 1. The van der Waals surface area contributed by atoms with Crippen molar-refractivity contribution < 1.29 is 22.1 Å². The van der Waals surface area contributed by atoms with Crippen LogP contribution in [0.1, 0.15) is 19.3 Å². The van der Waals surface area contributed by atoms with Gasteiger partial charge in [0.2, 0.25) is 0 Å². The quantitative estimate of drug-likeness (QED) is 0.866. The summed E-state index contributed by atoms with van der Waals surface area (Å²) in [5.41, 5.74) is 0.249. The van der Waals surface area contributed by atoms with Gasteiger partial charge >= 0.3 is 6.03 Å². The van der Waals surface area contributed by atoms with Crippen LogP contribution in [0, 0.1) is 5.82 Å². The molecule has 138 valence electrons. The van der Waals surface area contributed by atoms with E-state index in [0.29, 0.717) is 25.8 Å². The summed E-state index contributed by atoms with van der Waals surface area (Å²) in [5, 5.41) is 5.51. The lowest BCUT2D eigenvalue weighted by Gasteiger charge is -2.23. The Labute approximate surface area is 150 Å². The number of sulfone groups is 1. The highest BCUT2D eigenvalue weighted by molar-refractivity contribution is 7.93. The molecule has 7 nitrogen and oxygen atoms in total. The Morgan fingerprint density at radius 2 is 2.00 bits per heavy atom. The molecule has 1 aromatic carbocycles. The monoisotopic (exact) mass is 379 g/mol. The van der Waals surface area contributed by atoms with Crippen molar-refractivity contribution in [3.63, 3.8) is 0 Å². The number of urea groups is 1. The highest BCUT2D eigenvalue weighted by Crippen LogP contribution is 2.33. The van der Waals surface area contributed by atoms with Gasteiger partial charge in [0.05, 0.1) is 16.1 Å². The Balaban J connectivity index is 1.47. The normalized spacial score (nSPS) is 24.3. The van der Waals surface area contributed by atoms with Gasteiger partial charge in [-0.3, -0.25) is 5.32 Å². The number of hydrogen-bond acceptors (Lipinski definition) is 5. The molecular weight excluding hydrogens is 361 g/mol. The summed E-state index contributed by atoms with van der Waals surface area (Å²) in [6.45, 7) is 0.562. The van der Waals surface area contributed by atoms with Gasteiger partial charge in [-0.2, -0.15) is 0 Å². The van der Waals surface area contributed by atoms with E-state index in [4.69, 9.17) is 4.52 Å². The fourth-order valence-electron chi connectivity index (χ4n) is 3.61. The molecule has 0 spiro atoms. The maximum Gasteiger partial charge on any atom is 0.323 e. The number of fused-ring (bicyclic) bond motifs is 2. The minimum Gasteiger partial charge on any atom is -0.354 e. The van der Waals surface area contributed by atoms with Crippen LogP contribution in [0.15, 0.2) is 34.9 Å². The smallest absolute Gasteiger partial charge is 0.323 e. The van der Waals surface area contributed by atoms with Crippen LogP contribution >= 0.6 is 0 Å². The van der Waals surface area contributed by atoms with E-state index < -0.39 is 26.9 Å². The number of nitrogens with one attached hydrogen (secondary N) is 1. The molecule has 1 aromatic heterocycles. The van der Waals surface area contributed by atoms with Crippen molar-refractivity contribution >= 4 is 21.7 Å². The number of benzene rings is 1. The van der Waals surface area contributed by atoms with Crippen molar-refractivity contribution in [1.82, 2.24) is 10.1 Å². The average molecular weight is 379 g/mol. The molecule has 2 aromatic rings. The highest BCUT2D eigenvalue weighted by atomic mass is 32.2. The van der Waals surface area contributed by atoms with Crippen molar-refractivity contribution in [3.05, 3.63) is 36.1 Å². The van der Waals surface area contributed by atoms with E-state index in [9.17, 15) is 17.6 Å². The average Bonchev–Trinajstić information content (AvgIpc) is 3.10. The largest absolute Gasteiger partial charge is 0.354 e. The van der Waals surface area contributed by atoms with E-state index in [-0.39, 0.29) is 28.9 Å². The molecule has 26 heavy (non-hydrogen) atoms. The first kappa shape index (κ1) is 17.0. The van der Waals surface area contributed by atoms with Gasteiger partial charge in [0.1, 0.15) is 5.82 Å². The standard InChI is InChI=1S/C17H18FN3O4S/c18-14-4-2-1-3-13(14)15-9-16(20-25-15)19-17(22)21-8-7-11-5-6-12(10-21)26(11,23)24/h1-4,9,11-12H,5-8,10H2,(H,19,20,22). The lowest BCUT2D eigenvalue weighted by Crippen LogP contribution is -2.40. The number of carbonyl (C=O) groups excluding carboxylic acids is 1. The third kappa shape index (κ3) is 2.96. The molecule has 2 aliphatic rings. The van der Waals surface area contributed by atoms with E-state index >= 15 is 0 Å². The van der Waals surface area contributed by atoms with Gasteiger partial charge in [0.15, 0.2) is 21.4 Å². The van der Waals surface area contributed by atoms with E-state index in [1.807, 2.05) is 0 Å². The predicted molar refractivity (Wildman–Crippen MR) is 92.8 cm³/mol. The SMILES string of the molecule is O=C(Nc1cc(-c2ccccc2F)on1)N1CCC2CCC(C1)S2(=O)=O. The molecule has 1 N–H and O–H groups in total. The van der Waals surface area contributed by atoms with Crippen LogP contribution in [0.3, 0.4) is 0 Å². The molecule has 0 radical (unpaired) electrons. The van der Waals surface area contributed by atoms with Gasteiger partial charge in [-0.05, 0) is 31.4 Å². The van der Waals surface area contributed by atoms with Crippen molar-refractivity contribution in [2.24, 2.45) is 0 Å². The molecule has 2 unspecified atom stereocenters. The molecule has 2 fully saturated rings. The van der Waals surface area contributed by atoms with E-state index in [0.717, 1.165) is 0 Å². The Bertz CT molecular complexity index is 943. The molecule has 2 bridgehead atoms. The summed E-state index contributed by atoms with van der Waals surface area (Å²) < 4.78 is 43.5. The van der Waals surface area contributed by atoms with Crippen molar-refractivity contribution in [2.45, 2.75) is 29.8 Å².